The highest BCUT2D eigenvalue weighted by Gasteiger charge is 2.17. The van der Waals surface area contributed by atoms with Crippen LogP contribution in [0.4, 0.5) is 5.82 Å². The van der Waals surface area contributed by atoms with Crippen LogP contribution >= 0.6 is 0 Å². The molecule has 0 amide bonds. The highest BCUT2D eigenvalue weighted by atomic mass is 16.5. The molecule has 0 bridgehead atoms. The van der Waals surface area contributed by atoms with Crippen LogP contribution in [0.2, 0.25) is 0 Å². The smallest absolute Gasteiger partial charge is 0.147 e. The summed E-state index contributed by atoms with van der Waals surface area (Å²) in [5.74, 6) is 1.00. The summed E-state index contributed by atoms with van der Waals surface area (Å²) in [4.78, 5) is 16.6. The average Bonchev–Trinajstić information content (AvgIpc) is 3.29. The van der Waals surface area contributed by atoms with E-state index < -0.39 is 0 Å². The van der Waals surface area contributed by atoms with Gasteiger partial charge in [-0.3, -0.25) is 14.8 Å². The Hall–Kier alpha value is -2.02. The summed E-state index contributed by atoms with van der Waals surface area (Å²) in [5.41, 5.74) is 3.44. The minimum absolute atomic E-state index is 0.823. The highest BCUT2D eigenvalue weighted by Crippen LogP contribution is 2.21. The van der Waals surface area contributed by atoms with Gasteiger partial charge in [-0.05, 0) is 18.4 Å². The monoisotopic (exact) mass is 381 g/mol. The van der Waals surface area contributed by atoms with E-state index in [2.05, 4.69) is 48.9 Å². The van der Waals surface area contributed by atoms with Crippen LogP contribution in [-0.2, 0) is 11.3 Å². The van der Waals surface area contributed by atoms with Gasteiger partial charge in [0.05, 0.1) is 24.7 Å². The van der Waals surface area contributed by atoms with E-state index >= 15 is 0 Å². The summed E-state index contributed by atoms with van der Waals surface area (Å²) < 4.78 is 5.18. The molecule has 6 nitrogen and oxygen atoms in total. The number of rotatable bonds is 7. The molecule has 2 aliphatic heterocycles. The fraction of sp³-hybridized carbons (Fsp3) is 0.545. The van der Waals surface area contributed by atoms with Gasteiger partial charge in [-0.1, -0.05) is 24.3 Å². The van der Waals surface area contributed by atoms with Crippen molar-refractivity contribution in [3.63, 3.8) is 0 Å². The number of hydrogen-bond acceptors (Lipinski definition) is 6. The number of methoxy groups -OCH3 is 1. The third-order valence-corrected chi connectivity index (χ3v) is 5.80. The van der Waals surface area contributed by atoms with E-state index in [4.69, 9.17) is 4.74 Å². The second-order valence-electron chi connectivity index (χ2n) is 7.76. The van der Waals surface area contributed by atoms with E-state index in [1.54, 1.807) is 7.11 Å². The molecule has 0 atom stereocenters. The number of anilines is 1. The van der Waals surface area contributed by atoms with Crippen molar-refractivity contribution in [2.45, 2.75) is 19.4 Å². The van der Waals surface area contributed by atoms with Crippen LogP contribution in [0.15, 0.2) is 36.7 Å². The summed E-state index contributed by atoms with van der Waals surface area (Å²) in [6, 6.07) is 8.79. The van der Waals surface area contributed by atoms with Crippen molar-refractivity contribution in [3.05, 3.63) is 42.2 Å². The number of benzene rings is 1. The Morgan fingerprint density at radius 2 is 1.57 bits per heavy atom. The van der Waals surface area contributed by atoms with Crippen LogP contribution in [0.5, 0.6) is 0 Å². The summed E-state index contributed by atoms with van der Waals surface area (Å²) >= 11 is 0. The molecule has 0 N–H and O–H groups in total. The van der Waals surface area contributed by atoms with Gasteiger partial charge in [0.15, 0.2) is 0 Å². The lowest BCUT2D eigenvalue weighted by atomic mass is 10.1. The molecule has 2 saturated heterocycles. The van der Waals surface area contributed by atoms with Gasteiger partial charge < -0.3 is 9.64 Å². The SMILES string of the molecule is COCCN1CCN(Cc2ccc(-c3cnc(N4CCCC4)cn3)cc2)CC1. The van der Waals surface area contributed by atoms with Crippen LogP contribution in [-0.4, -0.2) is 79.3 Å². The lowest BCUT2D eigenvalue weighted by molar-refractivity contribution is 0.0938. The molecule has 150 valence electrons. The summed E-state index contributed by atoms with van der Waals surface area (Å²) in [6.45, 7) is 9.56. The van der Waals surface area contributed by atoms with E-state index in [9.17, 15) is 0 Å². The molecule has 4 rings (SSSR count). The Labute approximate surface area is 168 Å². The van der Waals surface area contributed by atoms with E-state index in [0.29, 0.717) is 0 Å². The predicted octanol–water partition coefficient (Wildman–Crippen LogP) is 2.51. The van der Waals surface area contributed by atoms with Gasteiger partial charge in [0.2, 0.25) is 0 Å². The average molecular weight is 382 g/mol. The van der Waals surface area contributed by atoms with Crippen molar-refractivity contribution in [2.75, 3.05) is 64.4 Å². The summed E-state index contributed by atoms with van der Waals surface area (Å²) in [6.07, 6.45) is 6.33. The zero-order chi connectivity index (χ0) is 19.2. The van der Waals surface area contributed by atoms with E-state index in [0.717, 1.165) is 76.0 Å². The second kappa shape index (κ2) is 9.45. The van der Waals surface area contributed by atoms with Crippen LogP contribution in [0.25, 0.3) is 11.3 Å². The molecule has 28 heavy (non-hydrogen) atoms. The Morgan fingerprint density at radius 1 is 0.857 bits per heavy atom. The van der Waals surface area contributed by atoms with Gasteiger partial charge in [-0.25, -0.2) is 4.98 Å². The standard InChI is InChI=1S/C22H31N5O/c1-28-15-14-25-10-12-26(13-11-25)18-19-4-6-20(7-5-19)21-16-24-22(17-23-21)27-8-2-3-9-27/h4-7,16-17H,2-3,8-15,18H2,1H3. The van der Waals surface area contributed by atoms with E-state index in [1.807, 2.05) is 12.4 Å². The number of aromatic nitrogens is 2. The third-order valence-electron chi connectivity index (χ3n) is 5.80. The number of ether oxygens (including phenoxy) is 1. The van der Waals surface area contributed by atoms with Gasteiger partial charge in [-0.15, -0.1) is 0 Å². The van der Waals surface area contributed by atoms with Crippen molar-refractivity contribution in [3.8, 4) is 11.3 Å². The maximum atomic E-state index is 5.18. The number of nitrogens with zero attached hydrogens (tertiary/aromatic N) is 5. The fourth-order valence-electron chi connectivity index (χ4n) is 4.01. The van der Waals surface area contributed by atoms with Crippen molar-refractivity contribution >= 4 is 5.82 Å². The molecule has 0 spiro atoms. The number of hydrogen-bond donors (Lipinski definition) is 0. The van der Waals surface area contributed by atoms with Gasteiger partial charge >= 0.3 is 0 Å². The molecule has 2 fully saturated rings. The lowest BCUT2D eigenvalue weighted by Crippen LogP contribution is -2.46. The zero-order valence-electron chi connectivity index (χ0n) is 16.9. The van der Waals surface area contributed by atoms with Crippen molar-refractivity contribution in [1.29, 1.82) is 0 Å². The quantitative estimate of drug-likeness (QED) is 0.734. The molecule has 6 heteroatoms. The first-order valence-electron chi connectivity index (χ1n) is 10.4. The second-order valence-corrected chi connectivity index (χ2v) is 7.76. The molecular weight excluding hydrogens is 350 g/mol. The maximum absolute atomic E-state index is 5.18. The Balaban J connectivity index is 1.30. The maximum Gasteiger partial charge on any atom is 0.147 e. The molecule has 1 aromatic carbocycles. The minimum Gasteiger partial charge on any atom is -0.383 e. The normalized spacial score (nSPS) is 18.7. The number of piperazine rings is 1. The first kappa shape index (κ1) is 19.3. The van der Waals surface area contributed by atoms with Gasteiger partial charge in [0.1, 0.15) is 5.82 Å². The van der Waals surface area contributed by atoms with Crippen molar-refractivity contribution in [1.82, 2.24) is 19.8 Å². The molecule has 0 radical (unpaired) electrons. The van der Waals surface area contributed by atoms with Gasteiger partial charge in [0.25, 0.3) is 0 Å². The lowest BCUT2D eigenvalue weighted by Gasteiger charge is -2.34. The molecule has 0 saturated carbocycles. The minimum atomic E-state index is 0.823. The third kappa shape index (κ3) is 4.87. The Bertz CT molecular complexity index is 720. The summed E-state index contributed by atoms with van der Waals surface area (Å²) in [7, 11) is 1.77. The molecule has 3 heterocycles. The molecular formula is C22H31N5O. The molecule has 2 aromatic rings. The Kier molecular flexibility index (Phi) is 6.52. The molecule has 1 aromatic heterocycles. The predicted molar refractivity (Wildman–Crippen MR) is 113 cm³/mol. The van der Waals surface area contributed by atoms with E-state index in [-0.39, 0.29) is 0 Å². The fourth-order valence-corrected chi connectivity index (χ4v) is 4.01. The molecule has 0 aliphatic carbocycles. The van der Waals surface area contributed by atoms with Crippen LogP contribution in [0.1, 0.15) is 18.4 Å². The first-order valence-corrected chi connectivity index (χ1v) is 10.4. The Morgan fingerprint density at radius 3 is 2.21 bits per heavy atom. The van der Waals surface area contributed by atoms with Gasteiger partial charge in [-0.2, -0.15) is 0 Å². The largest absolute Gasteiger partial charge is 0.383 e. The van der Waals surface area contributed by atoms with Crippen LogP contribution in [0.3, 0.4) is 0 Å². The van der Waals surface area contributed by atoms with Crippen molar-refractivity contribution < 1.29 is 4.74 Å². The van der Waals surface area contributed by atoms with E-state index in [1.165, 1.54) is 18.4 Å². The topological polar surface area (TPSA) is 44.7 Å². The van der Waals surface area contributed by atoms with Gasteiger partial charge in [0, 0.05) is 65.0 Å². The summed E-state index contributed by atoms with van der Waals surface area (Å²) in [5, 5.41) is 0. The van der Waals surface area contributed by atoms with Crippen molar-refractivity contribution in [2.24, 2.45) is 0 Å². The highest BCUT2D eigenvalue weighted by molar-refractivity contribution is 5.59. The first-order chi connectivity index (χ1) is 13.8. The van der Waals surface area contributed by atoms with Crippen LogP contribution < -0.4 is 4.90 Å². The zero-order valence-corrected chi connectivity index (χ0v) is 16.9. The van der Waals surface area contributed by atoms with Crippen LogP contribution in [0, 0.1) is 0 Å². The molecule has 2 aliphatic rings. The molecule has 0 unspecified atom stereocenters.